The van der Waals surface area contributed by atoms with Gasteiger partial charge in [0, 0.05) is 6.54 Å². The Labute approximate surface area is 157 Å². The molecule has 0 unspecified atom stereocenters. The van der Waals surface area contributed by atoms with E-state index in [1.54, 1.807) is 36.4 Å². The molecule has 1 heterocycles. The second-order valence-corrected chi connectivity index (χ2v) is 5.88. The van der Waals surface area contributed by atoms with Crippen molar-refractivity contribution in [3.05, 3.63) is 53.6 Å². The molecule has 1 aliphatic rings. The fraction of sp³-hybridized carbons (Fsp3) is 0.300. The van der Waals surface area contributed by atoms with Gasteiger partial charge in [0.25, 0.3) is 5.91 Å². The zero-order valence-electron chi connectivity index (χ0n) is 15.0. The van der Waals surface area contributed by atoms with Crippen LogP contribution in [0.5, 0.6) is 17.2 Å². The quantitative estimate of drug-likeness (QED) is 0.717. The van der Waals surface area contributed by atoms with Crippen molar-refractivity contribution in [3.8, 4) is 17.2 Å². The van der Waals surface area contributed by atoms with Crippen molar-refractivity contribution >= 4 is 11.9 Å². The van der Waals surface area contributed by atoms with E-state index in [1.807, 2.05) is 13.0 Å². The first-order valence-corrected chi connectivity index (χ1v) is 8.66. The molecule has 0 saturated heterocycles. The summed E-state index contributed by atoms with van der Waals surface area (Å²) in [7, 11) is 0. The van der Waals surface area contributed by atoms with Crippen LogP contribution in [0.3, 0.4) is 0 Å². The minimum absolute atomic E-state index is 0.0991. The average molecular weight is 371 g/mol. The van der Waals surface area contributed by atoms with E-state index in [0.717, 1.165) is 16.9 Å². The average Bonchev–Trinajstić information content (AvgIpc) is 3.14. The Morgan fingerprint density at radius 3 is 2.56 bits per heavy atom. The molecule has 27 heavy (non-hydrogen) atoms. The van der Waals surface area contributed by atoms with Crippen molar-refractivity contribution in [2.24, 2.45) is 0 Å². The summed E-state index contributed by atoms with van der Waals surface area (Å²) in [6.07, 6.45) is 0.0991. The van der Waals surface area contributed by atoms with Gasteiger partial charge in [-0.25, -0.2) is 0 Å². The third kappa shape index (κ3) is 5.37. The summed E-state index contributed by atoms with van der Waals surface area (Å²) in [6, 6.07) is 12.6. The molecule has 3 rings (SSSR count). The predicted molar refractivity (Wildman–Crippen MR) is 96.7 cm³/mol. The van der Waals surface area contributed by atoms with Crippen LogP contribution in [0.15, 0.2) is 42.5 Å². The SMILES string of the molecule is CCOc1ccc(CC(=O)OCC(=O)NCc2ccc3c(c2)OCO3)cc1. The van der Waals surface area contributed by atoms with Gasteiger partial charge in [-0.1, -0.05) is 18.2 Å². The monoisotopic (exact) mass is 371 g/mol. The highest BCUT2D eigenvalue weighted by Gasteiger charge is 2.14. The van der Waals surface area contributed by atoms with E-state index in [4.69, 9.17) is 18.9 Å². The molecule has 7 nitrogen and oxygen atoms in total. The summed E-state index contributed by atoms with van der Waals surface area (Å²) in [5.74, 6) is 1.26. The van der Waals surface area contributed by atoms with E-state index < -0.39 is 5.97 Å². The zero-order valence-corrected chi connectivity index (χ0v) is 15.0. The lowest BCUT2D eigenvalue weighted by molar-refractivity contribution is -0.147. The van der Waals surface area contributed by atoms with Gasteiger partial charge in [-0.15, -0.1) is 0 Å². The van der Waals surface area contributed by atoms with Crippen LogP contribution in [-0.2, 0) is 27.3 Å². The molecule has 0 radical (unpaired) electrons. The molecule has 7 heteroatoms. The molecule has 2 aromatic carbocycles. The van der Waals surface area contributed by atoms with E-state index in [-0.39, 0.29) is 25.7 Å². The summed E-state index contributed by atoms with van der Waals surface area (Å²) in [5.41, 5.74) is 1.66. The molecule has 1 amide bonds. The number of carbonyl (C=O) groups excluding carboxylic acids is 2. The molecule has 2 aromatic rings. The number of nitrogens with one attached hydrogen (secondary N) is 1. The van der Waals surface area contributed by atoms with Gasteiger partial charge < -0.3 is 24.3 Å². The molecule has 0 saturated carbocycles. The summed E-state index contributed by atoms with van der Waals surface area (Å²) in [6.45, 7) is 2.69. The maximum Gasteiger partial charge on any atom is 0.310 e. The fourth-order valence-electron chi connectivity index (χ4n) is 2.54. The van der Waals surface area contributed by atoms with E-state index in [0.29, 0.717) is 24.7 Å². The lowest BCUT2D eigenvalue weighted by Gasteiger charge is -2.08. The van der Waals surface area contributed by atoms with Crippen molar-refractivity contribution in [2.75, 3.05) is 20.0 Å². The highest BCUT2D eigenvalue weighted by atomic mass is 16.7. The van der Waals surface area contributed by atoms with Gasteiger partial charge >= 0.3 is 5.97 Å². The van der Waals surface area contributed by atoms with Crippen molar-refractivity contribution in [1.29, 1.82) is 0 Å². The van der Waals surface area contributed by atoms with Gasteiger partial charge in [-0.3, -0.25) is 9.59 Å². The molecule has 0 spiro atoms. The van der Waals surface area contributed by atoms with Crippen LogP contribution in [0, 0.1) is 0 Å². The standard InChI is InChI=1S/C20H21NO6/c1-2-24-16-6-3-14(4-7-16)10-20(23)25-12-19(22)21-11-15-5-8-17-18(9-15)27-13-26-17/h3-9H,2,10-13H2,1H3,(H,21,22). The third-order valence-electron chi connectivity index (χ3n) is 3.87. The fourth-order valence-corrected chi connectivity index (χ4v) is 2.54. The molecule has 0 bridgehead atoms. The second-order valence-electron chi connectivity index (χ2n) is 5.88. The van der Waals surface area contributed by atoms with Crippen LogP contribution in [0.2, 0.25) is 0 Å². The second kappa shape index (κ2) is 8.93. The Bertz CT molecular complexity index is 803. The van der Waals surface area contributed by atoms with E-state index in [1.165, 1.54) is 0 Å². The van der Waals surface area contributed by atoms with Gasteiger partial charge in [0.1, 0.15) is 5.75 Å². The van der Waals surface area contributed by atoms with E-state index in [9.17, 15) is 9.59 Å². The lowest BCUT2D eigenvalue weighted by atomic mass is 10.1. The molecular formula is C20H21NO6. The van der Waals surface area contributed by atoms with Crippen molar-refractivity contribution in [1.82, 2.24) is 5.32 Å². The molecule has 1 N–H and O–H groups in total. The van der Waals surface area contributed by atoms with E-state index in [2.05, 4.69) is 5.32 Å². The van der Waals surface area contributed by atoms with Crippen molar-refractivity contribution < 1.29 is 28.5 Å². The molecule has 0 fully saturated rings. The summed E-state index contributed by atoms with van der Waals surface area (Å²) >= 11 is 0. The molecule has 0 aromatic heterocycles. The van der Waals surface area contributed by atoms with Crippen LogP contribution < -0.4 is 19.5 Å². The molecule has 142 valence electrons. The number of fused-ring (bicyclic) bond motifs is 1. The maximum atomic E-state index is 11.9. The van der Waals surface area contributed by atoms with Crippen LogP contribution in [0.25, 0.3) is 0 Å². The summed E-state index contributed by atoms with van der Waals surface area (Å²) in [4.78, 5) is 23.7. The Morgan fingerprint density at radius 1 is 1.04 bits per heavy atom. The number of rotatable bonds is 8. The van der Waals surface area contributed by atoms with Gasteiger partial charge in [-0.05, 0) is 42.3 Å². The largest absolute Gasteiger partial charge is 0.494 e. The van der Waals surface area contributed by atoms with Crippen molar-refractivity contribution in [2.45, 2.75) is 19.9 Å². The minimum atomic E-state index is -0.461. The Morgan fingerprint density at radius 2 is 1.78 bits per heavy atom. The Balaban J connectivity index is 1.38. The number of esters is 1. The number of hydrogen-bond donors (Lipinski definition) is 1. The Hall–Kier alpha value is -3.22. The first-order valence-electron chi connectivity index (χ1n) is 8.66. The highest BCUT2D eigenvalue weighted by Crippen LogP contribution is 2.32. The van der Waals surface area contributed by atoms with Gasteiger partial charge in [0.15, 0.2) is 18.1 Å². The number of carbonyl (C=O) groups is 2. The minimum Gasteiger partial charge on any atom is -0.494 e. The molecule has 0 aliphatic carbocycles. The third-order valence-corrected chi connectivity index (χ3v) is 3.87. The van der Waals surface area contributed by atoms with Crippen molar-refractivity contribution in [3.63, 3.8) is 0 Å². The number of hydrogen-bond acceptors (Lipinski definition) is 6. The molecule has 1 aliphatic heterocycles. The Kier molecular flexibility index (Phi) is 6.14. The van der Waals surface area contributed by atoms with Crippen LogP contribution in [0.4, 0.5) is 0 Å². The number of amides is 1. The smallest absolute Gasteiger partial charge is 0.310 e. The maximum absolute atomic E-state index is 11.9. The van der Waals surface area contributed by atoms with Gasteiger partial charge in [0.05, 0.1) is 13.0 Å². The van der Waals surface area contributed by atoms with Crippen LogP contribution >= 0.6 is 0 Å². The van der Waals surface area contributed by atoms with Gasteiger partial charge in [0.2, 0.25) is 6.79 Å². The zero-order chi connectivity index (χ0) is 19.1. The molecule has 0 atom stereocenters. The normalized spacial score (nSPS) is 11.7. The number of benzene rings is 2. The topological polar surface area (TPSA) is 83.1 Å². The summed E-state index contributed by atoms with van der Waals surface area (Å²) in [5, 5.41) is 2.70. The number of ether oxygens (including phenoxy) is 4. The first kappa shape index (κ1) is 18.6. The van der Waals surface area contributed by atoms with E-state index >= 15 is 0 Å². The molecular weight excluding hydrogens is 350 g/mol. The van der Waals surface area contributed by atoms with Gasteiger partial charge in [-0.2, -0.15) is 0 Å². The predicted octanol–water partition coefficient (Wildman–Crippen LogP) is 2.22. The summed E-state index contributed by atoms with van der Waals surface area (Å²) < 4.78 is 20.9. The lowest BCUT2D eigenvalue weighted by Crippen LogP contribution is -2.28. The van der Waals surface area contributed by atoms with Crippen LogP contribution in [0.1, 0.15) is 18.1 Å². The van der Waals surface area contributed by atoms with Crippen LogP contribution in [-0.4, -0.2) is 31.9 Å². The first-order chi connectivity index (χ1) is 13.1. The highest BCUT2D eigenvalue weighted by molar-refractivity contribution is 5.81.